The Bertz CT molecular complexity index is 483. The molecule has 2 aromatic rings. The average Bonchev–Trinajstić information content (AvgIpc) is 2.74. The summed E-state index contributed by atoms with van der Waals surface area (Å²) in [5.41, 5.74) is 2.39. The van der Waals surface area contributed by atoms with Gasteiger partial charge in [0.15, 0.2) is 0 Å². The third-order valence-corrected chi connectivity index (χ3v) is 3.24. The molecule has 0 amide bonds. The van der Waals surface area contributed by atoms with Crippen LogP contribution >= 0.6 is 0 Å². The van der Waals surface area contributed by atoms with Crippen molar-refractivity contribution in [3.8, 4) is 0 Å². The molecule has 0 aliphatic rings. The number of nitrogens with one attached hydrogen (secondary N) is 1. The Morgan fingerprint density at radius 3 is 2.71 bits per heavy atom. The van der Waals surface area contributed by atoms with E-state index in [1.54, 1.807) is 0 Å². The van der Waals surface area contributed by atoms with E-state index in [-0.39, 0.29) is 0 Å². The van der Waals surface area contributed by atoms with Crippen LogP contribution in [0.3, 0.4) is 0 Å². The van der Waals surface area contributed by atoms with Crippen molar-refractivity contribution >= 4 is 11.0 Å². The highest BCUT2D eigenvalue weighted by Gasteiger charge is 2.12. The minimum atomic E-state index is 0.317. The Hall–Kier alpha value is -1.28. The van der Waals surface area contributed by atoms with Crippen LogP contribution in [0, 0.1) is 0 Å². The van der Waals surface area contributed by atoms with Gasteiger partial charge in [0.2, 0.25) is 0 Å². The molecule has 0 fully saturated rings. The maximum absolute atomic E-state index is 5.88. The van der Waals surface area contributed by atoms with Crippen LogP contribution in [0.25, 0.3) is 11.0 Å². The van der Waals surface area contributed by atoms with E-state index in [2.05, 4.69) is 43.4 Å². The molecule has 0 aliphatic carbocycles. The van der Waals surface area contributed by atoms with Gasteiger partial charge in [-0.15, -0.1) is 0 Å². The van der Waals surface area contributed by atoms with Crippen LogP contribution in [0.15, 0.2) is 28.7 Å². The van der Waals surface area contributed by atoms with Gasteiger partial charge in [-0.3, -0.25) is 0 Å². The van der Waals surface area contributed by atoms with E-state index >= 15 is 0 Å². The van der Waals surface area contributed by atoms with Gasteiger partial charge in [-0.2, -0.15) is 0 Å². The SMILES string of the molecule is CCCc1ccc2oc(C(CC)NC)cc2c1. The van der Waals surface area contributed by atoms with E-state index in [0.717, 1.165) is 24.2 Å². The molecule has 0 saturated heterocycles. The summed E-state index contributed by atoms with van der Waals surface area (Å²) in [5, 5.41) is 4.50. The van der Waals surface area contributed by atoms with E-state index in [1.807, 2.05) is 7.05 Å². The molecule has 1 N–H and O–H groups in total. The van der Waals surface area contributed by atoms with Gasteiger partial charge in [-0.05, 0) is 43.7 Å². The third-order valence-electron chi connectivity index (χ3n) is 3.24. The Morgan fingerprint density at radius 1 is 1.24 bits per heavy atom. The van der Waals surface area contributed by atoms with Gasteiger partial charge in [-0.25, -0.2) is 0 Å². The van der Waals surface area contributed by atoms with Crippen molar-refractivity contribution in [3.05, 3.63) is 35.6 Å². The van der Waals surface area contributed by atoms with E-state index in [0.29, 0.717) is 6.04 Å². The molecule has 2 nitrogen and oxygen atoms in total. The molecule has 2 heteroatoms. The van der Waals surface area contributed by atoms with Gasteiger partial charge in [-0.1, -0.05) is 26.3 Å². The minimum Gasteiger partial charge on any atom is -0.459 e. The highest BCUT2D eigenvalue weighted by molar-refractivity contribution is 5.78. The normalized spacial score (nSPS) is 13.1. The van der Waals surface area contributed by atoms with Gasteiger partial charge >= 0.3 is 0 Å². The highest BCUT2D eigenvalue weighted by Crippen LogP contribution is 2.26. The lowest BCUT2D eigenvalue weighted by atomic mass is 10.1. The van der Waals surface area contributed by atoms with Crippen LogP contribution < -0.4 is 5.32 Å². The van der Waals surface area contributed by atoms with Crippen molar-refractivity contribution in [2.45, 2.75) is 39.2 Å². The quantitative estimate of drug-likeness (QED) is 0.839. The van der Waals surface area contributed by atoms with Crippen molar-refractivity contribution < 1.29 is 4.42 Å². The number of furan rings is 1. The Morgan fingerprint density at radius 2 is 2.06 bits per heavy atom. The zero-order valence-corrected chi connectivity index (χ0v) is 10.9. The van der Waals surface area contributed by atoms with Crippen molar-refractivity contribution in [2.24, 2.45) is 0 Å². The molecule has 17 heavy (non-hydrogen) atoms. The number of fused-ring (bicyclic) bond motifs is 1. The number of benzene rings is 1. The fourth-order valence-corrected chi connectivity index (χ4v) is 2.28. The fraction of sp³-hybridized carbons (Fsp3) is 0.467. The number of rotatable bonds is 5. The maximum Gasteiger partial charge on any atom is 0.134 e. The first kappa shape index (κ1) is 12.2. The largest absolute Gasteiger partial charge is 0.459 e. The van der Waals surface area contributed by atoms with Crippen LogP contribution in [0.1, 0.15) is 44.1 Å². The predicted molar refractivity (Wildman–Crippen MR) is 72.3 cm³/mol. The molecule has 1 aromatic carbocycles. The summed E-state index contributed by atoms with van der Waals surface area (Å²) in [7, 11) is 1.98. The van der Waals surface area contributed by atoms with Crippen molar-refractivity contribution in [1.82, 2.24) is 5.32 Å². The van der Waals surface area contributed by atoms with Crippen LogP contribution in [0.2, 0.25) is 0 Å². The van der Waals surface area contributed by atoms with Crippen LogP contribution in [0.4, 0.5) is 0 Å². The summed E-state index contributed by atoms with van der Waals surface area (Å²) in [6, 6.07) is 8.98. The van der Waals surface area contributed by atoms with Gasteiger partial charge in [0.25, 0.3) is 0 Å². The van der Waals surface area contributed by atoms with Crippen LogP contribution in [-0.2, 0) is 6.42 Å². The number of hydrogen-bond donors (Lipinski definition) is 1. The molecule has 1 atom stereocenters. The molecule has 0 saturated carbocycles. The molecule has 92 valence electrons. The standard InChI is InChI=1S/C15H21NO/c1-4-6-11-7-8-14-12(9-11)10-15(17-14)13(5-2)16-3/h7-10,13,16H,4-6H2,1-3H3. The highest BCUT2D eigenvalue weighted by atomic mass is 16.3. The number of aryl methyl sites for hydroxylation is 1. The van der Waals surface area contributed by atoms with Gasteiger partial charge in [0, 0.05) is 5.39 Å². The smallest absolute Gasteiger partial charge is 0.134 e. The first-order valence-corrected chi connectivity index (χ1v) is 6.48. The first-order chi connectivity index (χ1) is 8.28. The van der Waals surface area contributed by atoms with Crippen LogP contribution in [0.5, 0.6) is 0 Å². The minimum absolute atomic E-state index is 0.317. The maximum atomic E-state index is 5.88. The Balaban J connectivity index is 2.36. The summed E-state index contributed by atoms with van der Waals surface area (Å²) in [6.07, 6.45) is 3.36. The topological polar surface area (TPSA) is 25.2 Å². The molecule has 2 rings (SSSR count). The average molecular weight is 231 g/mol. The van der Waals surface area contributed by atoms with Gasteiger partial charge in [0.1, 0.15) is 11.3 Å². The zero-order valence-electron chi connectivity index (χ0n) is 10.9. The van der Waals surface area contributed by atoms with E-state index < -0.39 is 0 Å². The van der Waals surface area contributed by atoms with Gasteiger partial charge < -0.3 is 9.73 Å². The molecular formula is C15H21NO. The molecule has 1 aromatic heterocycles. The predicted octanol–water partition coefficient (Wildman–Crippen LogP) is 4.06. The lowest BCUT2D eigenvalue weighted by molar-refractivity contribution is 0.444. The van der Waals surface area contributed by atoms with E-state index in [1.165, 1.54) is 17.4 Å². The lowest BCUT2D eigenvalue weighted by Gasteiger charge is -2.09. The molecule has 1 heterocycles. The third kappa shape index (κ3) is 2.52. The fourth-order valence-electron chi connectivity index (χ4n) is 2.28. The summed E-state index contributed by atoms with van der Waals surface area (Å²) in [5.74, 6) is 1.04. The van der Waals surface area contributed by atoms with Crippen molar-refractivity contribution in [1.29, 1.82) is 0 Å². The van der Waals surface area contributed by atoms with Crippen LogP contribution in [-0.4, -0.2) is 7.05 Å². The second-order valence-electron chi connectivity index (χ2n) is 4.52. The van der Waals surface area contributed by atoms with Crippen molar-refractivity contribution in [3.63, 3.8) is 0 Å². The summed E-state index contributed by atoms with van der Waals surface area (Å²) in [6.45, 7) is 4.37. The second kappa shape index (κ2) is 5.37. The van der Waals surface area contributed by atoms with Gasteiger partial charge in [0.05, 0.1) is 6.04 Å². The summed E-state index contributed by atoms with van der Waals surface area (Å²) >= 11 is 0. The molecule has 0 aliphatic heterocycles. The second-order valence-corrected chi connectivity index (χ2v) is 4.52. The molecule has 1 unspecified atom stereocenters. The van der Waals surface area contributed by atoms with E-state index in [4.69, 9.17) is 4.42 Å². The van der Waals surface area contributed by atoms with Crippen molar-refractivity contribution in [2.75, 3.05) is 7.05 Å². The Labute approximate surface area is 103 Å². The summed E-state index contributed by atoms with van der Waals surface area (Å²) in [4.78, 5) is 0. The Kier molecular flexibility index (Phi) is 3.85. The first-order valence-electron chi connectivity index (χ1n) is 6.48. The number of hydrogen-bond acceptors (Lipinski definition) is 2. The summed E-state index contributed by atoms with van der Waals surface area (Å²) < 4.78 is 5.88. The van der Waals surface area contributed by atoms with E-state index in [9.17, 15) is 0 Å². The zero-order chi connectivity index (χ0) is 12.3. The molecule has 0 spiro atoms. The monoisotopic (exact) mass is 231 g/mol. The molecular weight excluding hydrogens is 210 g/mol. The molecule has 0 bridgehead atoms. The lowest BCUT2D eigenvalue weighted by Crippen LogP contribution is -2.14. The molecule has 0 radical (unpaired) electrons.